The Morgan fingerprint density at radius 2 is 1.71 bits per heavy atom. The molecule has 6 heteroatoms. The van der Waals surface area contributed by atoms with E-state index in [0.29, 0.717) is 11.2 Å². The lowest BCUT2D eigenvalue weighted by Gasteiger charge is -2.30. The van der Waals surface area contributed by atoms with E-state index >= 15 is 0 Å². The second-order valence-electron chi connectivity index (χ2n) is 8.79. The van der Waals surface area contributed by atoms with Gasteiger partial charge in [0.05, 0.1) is 11.7 Å². The molecule has 1 N–H and O–H groups in total. The second-order valence-corrected chi connectivity index (χ2v) is 9.18. The number of hydrogen-bond donors (Lipinski definition) is 1. The molecule has 0 saturated carbocycles. The summed E-state index contributed by atoms with van der Waals surface area (Å²) < 4.78 is 8.42. The zero-order valence-electron chi connectivity index (χ0n) is 19.6. The van der Waals surface area contributed by atoms with Crippen LogP contribution in [0.25, 0.3) is 0 Å². The highest BCUT2D eigenvalue weighted by molar-refractivity contribution is 7.80. The predicted molar refractivity (Wildman–Crippen MR) is 140 cm³/mol. The fourth-order valence-corrected chi connectivity index (χ4v) is 4.88. The zero-order chi connectivity index (χ0) is 23.7. The van der Waals surface area contributed by atoms with Crippen LogP contribution in [0.15, 0.2) is 91.3 Å². The number of ether oxygens (including phenoxy) is 1. The number of hydrogen-bond acceptors (Lipinski definition) is 3. The highest BCUT2D eigenvalue weighted by atomic mass is 32.1. The Balaban J connectivity index is 1.51. The van der Waals surface area contributed by atoms with E-state index in [2.05, 4.69) is 70.1 Å². The summed E-state index contributed by atoms with van der Waals surface area (Å²) in [5.74, 6) is 1.65. The van der Waals surface area contributed by atoms with Gasteiger partial charge in [-0.15, -0.1) is 0 Å². The van der Waals surface area contributed by atoms with Gasteiger partial charge in [0.1, 0.15) is 17.5 Å². The first-order valence-electron chi connectivity index (χ1n) is 11.5. The van der Waals surface area contributed by atoms with Crippen molar-refractivity contribution in [2.45, 2.75) is 38.9 Å². The van der Waals surface area contributed by atoms with Crippen LogP contribution < -0.4 is 15.0 Å². The van der Waals surface area contributed by atoms with Crippen molar-refractivity contribution < 1.29 is 4.74 Å². The first-order valence-corrected chi connectivity index (χ1v) is 11.9. The molecule has 0 aliphatic carbocycles. The normalized spacial score (nSPS) is 17.8. The van der Waals surface area contributed by atoms with Gasteiger partial charge in [0.15, 0.2) is 5.11 Å². The Labute approximate surface area is 206 Å². The average molecular weight is 469 g/mol. The van der Waals surface area contributed by atoms with Gasteiger partial charge in [0.25, 0.3) is 0 Å². The van der Waals surface area contributed by atoms with Gasteiger partial charge >= 0.3 is 0 Å². The lowest BCUT2D eigenvalue weighted by atomic mass is 10.0. The number of anilines is 1. The van der Waals surface area contributed by atoms with Crippen LogP contribution in [0.5, 0.6) is 11.5 Å². The molecule has 3 heterocycles. The van der Waals surface area contributed by atoms with Gasteiger partial charge in [0, 0.05) is 29.8 Å². The monoisotopic (exact) mass is 468 g/mol. The topological polar surface area (TPSA) is 42.3 Å². The van der Waals surface area contributed by atoms with E-state index < -0.39 is 0 Å². The van der Waals surface area contributed by atoms with Crippen LogP contribution in [-0.4, -0.2) is 14.7 Å². The maximum Gasteiger partial charge on any atom is 0.174 e. The number of aromatic nitrogens is 2. The molecule has 0 radical (unpaired) electrons. The smallest absolute Gasteiger partial charge is 0.174 e. The van der Waals surface area contributed by atoms with Crippen LogP contribution >= 0.6 is 12.2 Å². The van der Waals surface area contributed by atoms with Crippen molar-refractivity contribution in [2.24, 2.45) is 0 Å². The minimum Gasteiger partial charge on any atom is -0.457 e. The maximum absolute atomic E-state index is 6.11. The summed E-state index contributed by atoms with van der Waals surface area (Å²) in [6, 6.07) is 26.7. The van der Waals surface area contributed by atoms with Crippen LogP contribution in [0.3, 0.4) is 0 Å². The first kappa shape index (κ1) is 22.2. The molecule has 5 rings (SSSR count). The van der Waals surface area contributed by atoms with Crippen LogP contribution in [0.2, 0.25) is 0 Å². The number of pyridine rings is 1. The van der Waals surface area contributed by atoms with Crippen molar-refractivity contribution in [1.29, 1.82) is 0 Å². The van der Waals surface area contributed by atoms with E-state index in [9.17, 15) is 0 Å². The lowest BCUT2D eigenvalue weighted by Crippen LogP contribution is -2.30. The molecule has 34 heavy (non-hydrogen) atoms. The molecule has 2 aromatic carbocycles. The summed E-state index contributed by atoms with van der Waals surface area (Å²) in [4.78, 5) is 6.84. The number of benzene rings is 2. The molecule has 1 aliphatic rings. The quantitative estimate of drug-likeness (QED) is 0.317. The Morgan fingerprint density at radius 1 is 0.941 bits per heavy atom. The molecule has 1 fully saturated rings. The molecule has 0 bridgehead atoms. The number of rotatable bonds is 6. The Kier molecular flexibility index (Phi) is 6.07. The standard InChI is InChI=1S/C28H28N4OS/c1-19(2)31-18-8-11-24(31)27-26(23-10-6-7-17-29-23)30-28(34)32(27)21-13-15-22(16-14-21)33-25-12-5-4-9-20(25)3/h4-19,26-27H,1-3H3,(H,30,34)/t26-,27-/m1/s1. The number of thiocarbonyl (C=S) groups is 1. The molecular weight excluding hydrogens is 440 g/mol. The third-order valence-corrected chi connectivity index (χ3v) is 6.52. The molecule has 1 saturated heterocycles. The number of nitrogens with one attached hydrogen (secondary N) is 1. The van der Waals surface area contributed by atoms with Gasteiger partial charge in [-0.3, -0.25) is 4.98 Å². The lowest BCUT2D eigenvalue weighted by molar-refractivity contribution is 0.478. The van der Waals surface area contributed by atoms with Crippen molar-refractivity contribution in [2.75, 3.05) is 4.90 Å². The molecule has 172 valence electrons. The SMILES string of the molecule is Cc1ccccc1Oc1ccc(N2C(=S)N[C@H](c3ccccn3)[C@H]2c2cccn2C(C)C)cc1. The van der Waals surface area contributed by atoms with Gasteiger partial charge in [-0.1, -0.05) is 24.3 Å². The van der Waals surface area contributed by atoms with Crippen molar-refractivity contribution in [3.05, 3.63) is 108 Å². The summed E-state index contributed by atoms with van der Waals surface area (Å²) in [6.45, 7) is 6.44. The summed E-state index contributed by atoms with van der Waals surface area (Å²) >= 11 is 5.86. The van der Waals surface area contributed by atoms with E-state index in [4.69, 9.17) is 17.0 Å². The minimum atomic E-state index is -0.0657. The highest BCUT2D eigenvalue weighted by Crippen LogP contribution is 2.42. The number of para-hydroxylation sites is 1. The molecule has 0 unspecified atom stereocenters. The van der Waals surface area contributed by atoms with Crippen LogP contribution in [-0.2, 0) is 0 Å². The molecule has 0 amide bonds. The van der Waals surface area contributed by atoms with Crippen LogP contribution in [0, 0.1) is 6.92 Å². The van der Waals surface area contributed by atoms with Gasteiger partial charge in [0.2, 0.25) is 0 Å². The van der Waals surface area contributed by atoms with E-state index in [1.807, 2.05) is 61.7 Å². The van der Waals surface area contributed by atoms with Gasteiger partial charge in [-0.05, 0) is 93.1 Å². The summed E-state index contributed by atoms with van der Waals surface area (Å²) in [5.41, 5.74) is 4.27. The third kappa shape index (κ3) is 4.17. The Morgan fingerprint density at radius 3 is 2.41 bits per heavy atom. The van der Waals surface area contributed by atoms with Gasteiger partial charge < -0.3 is 19.5 Å². The molecule has 5 nitrogen and oxygen atoms in total. The van der Waals surface area contributed by atoms with Gasteiger partial charge in [-0.2, -0.15) is 0 Å². The van der Waals surface area contributed by atoms with E-state index in [1.165, 1.54) is 5.69 Å². The number of nitrogens with zero attached hydrogens (tertiary/aromatic N) is 3. The highest BCUT2D eigenvalue weighted by Gasteiger charge is 2.42. The van der Waals surface area contributed by atoms with Crippen LogP contribution in [0.1, 0.15) is 48.9 Å². The molecule has 2 aromatic heterocycles. The summed E-state index contributed by atoms with van der Waals surface area (Å²) in [5, 5.41) is 4.22. The largest absolute Gasteiger partial charge is 0.457 e. The van der Waals surface area contributed by atoms with Gasteiger partial charge in [-0.25, -0.2) is 0 Å². The van der Waals surface area contributed by atoms with E-state index in [1.54, 1.807) is 0 Å². The molecule has 2 atom stereocenters. The zero-order valence-corrected chi connectivity index (χ0v) is 20.4. The maximum atomic E-state index is 6.11. The van der Waals surface area contributed by atoms with Crippen molar-refractivity contribution in [3.8, 4) is 11.5 Å². The average Bonchev–Trinajstić information content (AvgIpc) is 3.46. The minimum absolute atomic E-state index is 0.0389. The first-order chi connectivity index (χ1) is 16.5. The third-order valence-electron chi connectivity index (χ3n) is 6.21. The second kappa shape index (κ2) is 9.31. The molecule has 4 aromatic rings. The molecular formula is C28H28N4OS. The fraction of sp³-hybridized carbons (Fsp3) is 0.214. The van der Waals surface area contributed by atoms with Crippen LogP contribution in [0.4, 0.5) is 5.69 Å². The Bertz CT molecular complexity index is 1280. The summed E-state index contributed by atoms with van der Waals surface area (Å²) in [6.07, 6.45) is 3.97. The molecule has 1 aliphatic heterocycles. The fourth-order valence-electron chi connectivity index (χ4n) is 4.53. The predicted octanol–water partition coefficient (Wildman–Crippen LogP) is 6.74. The van der Waals surface area contributed by atoms with E-state index in [0.717, 1.165) is 28.4 Å². The van der Waals surface area contributed by atoms with Crippen molar-refractivity contribution in [1.82, 2.24) is 14.9 Å². The number of aryl methyl sites for hydroxylation is 1. The van der Waals surface area contributed by atoms with Crippen molar-refractivity contribution >= 4 is 23.0 Å². The Hall–Kier alpha value is -3.64. The summed E-state index contributed by atoms with van der Waals surface area (Å²) in [7, 11) is 0. The van der Waals surface area contributed by atoms with E-state index in [-0.39, 0.29) is 12.1 Å². The molecule has 0 spiro atoms. The van der Waals surface area contributed by atoms with Crippen molar-refractivity contribution in [3.63, 3.8) is 0 Å².